The van der Waals surface area contributed by atoms with Crippen molar-refractivity contribution in [3.8, 4) is 0 Å². The van der Waals surface area contributed by atoms with Crippen molar-refractivity contribution >= 4 is 11.7 Å². The quantitative estimate of drug-likeness (QED) is 0.808. The molecule has 2 aromatic rings. The first-order chi connectivity index (χ1) is 9.45. The molecule has 0 fully saturated rings. The van der Waals surface area contributed by atoms with Gasteiger partial charge in [0.05, 0.1) is 12.1 Å². The Morgan fingerprint density at radius 1 is 1.35 bits per heavy atom. The summed E-state index contributed by atoms with van der Waals surface area (Å²) in [6, 6.07) is 3.73. The van der Waals surface area contributed by atoms with Crippen LogP contribution in [-0.2, 0) is 12.7 Å². The van der Waals surface area contributed by atoms with Gasteiger partial charge >= 0.3 is 12.2 Å². The summed E-state index contributed by atoms with van der Waals surface area (Å²) in [7, 11) is 0. The lowest BCUT2D eigenvalue weighted by molar-refractivity contribution is -0.137. The number of alkyl halides is 3. The SMILES string of the molecule is O=C(NCc1ncn[nH]1)Nc1cccc(C(F)(F)F)c1. The van der Waals surface area contributed by atoms with Crippen LogP contribution in [0.2, 0.25) is 0 Å². The molecular formula is C11H10F3N5O. The first-order valence-electron chi connectivity index (χ1n) is 5.51. The molecule has 106 valence electrons. The van der Waals surface area contributed by atoms with Crippen LogP contribution in [0.15, 0.2) is 30.6 Å². The predicted molar refractivity (Wildman–Crippen MR) is 63.7 cm³/mol. The molecule has 0 spiro atoms. The second kappa shape index (κ2) is 5.59. The minimum Gasteiger partial charge on any atom is -0.331 e. The molecule has 0 aliphatic rings. The van der Waals surface area contributed by atoms with Crippen molar-refractivity contribution < 1.29 is 18.0 Å². The zero-order valence-corrected chi connectivity index (χ0v) is 10.0. The topological polar surface area (TPSA) is 82.7 Å². The van der Waals surface area contributed by atoms with Crippen LogP contribution in [0.4, 0.5) is 23.7 Å². The maximum absolute atomic E-state index is 12.5. The Morgan fingerprint density at radius 3 is 2.80 bits per heavy atom. The first kappa shape index (κ1) is 13.8. The van der Waals surface area contributed by atoms with Crippen molar-refractivity contribution in [1.82, 2.24) is 20.5 Å². The molecule has 9 heteroatoms. The monoisotopic (exact) mass is 285 g/mol. The number of carbonyl (C=O) groups is 1. The number of aromatic nitrogens is 3. The van der Waals surface area contributed by atoms with Gasteiger partial charge in [-0.25, -0.2) is 9.78 Å². The van der Waals surface area contributed by atoms with Crippen molar-refractivity contribution in [2.75, 3.05) is 5.32 Å². The van der Waals surface area contributed by atoms with Gasteiger partial charge in [-0.2, -0.15) is 18.3 Å². The summed E-state index contributed by atoms with van der Waals surface area (Å²) in [6.07, 6.45) is -3.17. The third kappa shape index (κ3) is 3.70. The highest BCUT2D eigenvalue weighted by Crippen LogP contribution is 2.30. The molecule has 2 amide bonds. The van der Waals surface area contributed by atoms with Crippen molar-refractivity contribution in [2.45, 2.75) is 12.7 Å². The van der Waals surface area contributed by atoms with Crippen LogP contribution in [0.3, 0.4) is 0 Å². The van der Waals surface area contributed by atoms with Gasteiger partial charge in [0.1, 0.15) is 12.2 Å². The summed E-state index contributed by atoms with van der Waals surface area (Å²) in [4.78, 5) is 15.3. The molecule has 3 N–H and O–H groups in total. The van der Waals surface area contributed by atoms with E-state index < -0.39 is 17.8 Å². The zero-order chi connectivity index (χ0) is 14.6. The molecule has 1 aromatic carbocycles. The molecule has 6 nitrogen and oxygen atoms in total. The maximum atomic E-state index is 12.5. The number of benzene rings is 1. The first-order valence-corrected chi connectivity index (χ1v) is 5.51. The largest absolute Gasteiger partial charge is 0.416 e. The van der Waals surface area contributed by atoms with Gasteiger partial charge in [-0.05, 0) is 18.2 Å². The second-order valence-corrected chi connectivity index (χ2v) is 3.82. The summed E-state index contributed by atoms with van der Waals surface area (Å²) in [5.41, 5.74) is -0.777. The number of amides is 2. The normalized spacial score (nSPS) is 11.2. The summed E-state index contributed by atoms with van der Waals surface area (Å²) in [5.74, 6) is 0.434. The fraction of sp³-hybridized carbons (Fsp3) is 0.182. The summed E-state index contributed by atoms with van der Waals surface area (Å²) in [5, 5.41) is 10.9. The smallest absolute Gasteiger partial charge is 0.331 e. The van der Waals surface area contributed by atoms with Gasteiger partial charge in [-0.1, -0.05) is 6.07 Å². The molecule has 0 saturated carbocycles. The Morgan fingerprint density at radius 2 is 2.15 bits per heavy atom. The predicted octanol–water partition coefficient (Wildman–Crippen LogP) is 2.15. The number of urea groups is 1. The van der Waals surface area contributed by atoms with Crippen LogP contribution in [0, 0.1) is 0 Å². The molecule has 1 heterocycles. The number of hydrogen-bond acceptors (Lipinski definition) is 3. The minimum atomic E-state index is -4.45. The van der Waals surface area contributed by atoms with Crippen LogP contribution in [0.25, 0.3) is 0 Å². The van der Waals surface area contributed by atoms with E-state index in [1.807, 2.05) is 0 Å². The van der Waals surface area contributed by atoms with E-state index in [9.17, 15) is 18.0 Å². The van der Waals surface area contributed by atoms with Gasteiger partial charge in [0.25, 0.3) is 0 Å². The molecule has 0 radical (unpaired) electrons. The lowest BCUT2D eigenvalue weighted by Gasteiger charge is -2.10. The van der Waals surface area contributed by atoms with Crippen molar-refractivity contribution in [3.05, 3.63) is 42.0 Å². The highest BCUT2D eigenvalue weighted by Gasteiger charge is 2.30. The van der Waals surface area contributed by atoms with Gasteiger partial charge in [0.2, 0.25) is 0 Å². The molecule has 20 heavy (non-hydrogen) atoms. The van der Waals surface area contributed by atoms with E-state index in [2.05, 4.69) is 25.8 Å². The van der Waals surface area contributed by atoms with E-state index in [0.29, 0.717) is 5.82 Å². The van der Waals surface area contributed by atoms with Gasteiger partial charge < -0.3 is 10.6 Å². The Bertz CT molecular complexity index is 582. The number of nitrogens with zero attached hydrogens (tertiary/aromatic N) is 2. The number of H-pyrrole nitrogens is 1. The van der Waals surface area contributed by atoms with Gasteiger partial charge in [0, 0.05) is 5.69 Å². The van der Waals surface area contributed by atoms with Crippen molar-refractivity contribution in [3.63, 3.8) is 0 Å². The van der Waals surface area contributed by atoms with Crippen molar-refractivity contribution in [2.24, 2.45) is 0 Å². The summed E-state index contributed by atoms with van der Waals surface area (Å²) >= 11 is 0. The molecule has 0 saturated heterocycles. The van der Waals surface area contributed by atoms with Crippen LogP contribution < -0.4 is 10.6 Å². The average molecular weight is 285 g/mol. The number of carbonyl (C=O) groups excluding carboxylic acids is 1. The molecule has 2 rings (SSSR count). The molecule has 0 atom stereocenters. The third-order valence-electron chi connectivity index (χ3n) is 2.33. The van der Waals surface area contributed by atoms with Gasteiger partial charge in [0.15, 0.2) is 0 Å². The number of hydrogen-bond donors (Lipinski definition) is 3. The van der Waals surface area contributed by atoms with E-state index in [0.717, 1.165) is 12.1 Å². The maximum Gasteiger partial charge on any atom is 0.416 e. The van der Waals surface area contributed by atoms with Crippen LogP contribution in [0.5, 0.6) is 0 Å². The molecule has 0 aliphatic carbocycles. The summed E-state index contributed by atoms with van der Waals surface area (Å²) in [6.45, 7) is 0.0881. The van der Waals surface area contributed by atoms with E-state index in [1.165, 1.54) is 18.5 Å². The Hall–Kier alpha value is -2.58. The van der Waals surface area contributed by atoms with Crippen LogP contribution >= 0.6 is 0 Å². The average Bonchev–Trinajstić information content (AvgIpc) is 2.89. The second-order valence-electron chi connectivity index (χ2n) is 3.82. The van der Waals surface area contributed by atoms with E-state index >= 15 is 0 Å². The molecule has 0 bridgehead atoms. The van der Waals surface area contributed by atoms with E-state index in [4.69, 9.17) is 0 Å². The van der Waals surface area contributed by atoms with Crippen LogP contribution in [-0.4, -0.2) is 21.2 Å². The van der Waals surface area contributed by atoms with Crippen LogP contribution in [0.1, 0.15) is 11.4 Å². The summed E-state index contributed by atoms with van der Waals surface area (Å²) < 4.78 is 37.5. The number of anilines is 1. The van der Waals surface area contributed by atoms with Crippen molar-refractivity contribution in [1.29, 1.82) is 0 Å². The van der Waals surface area contributed by atoms with Gasteiger partial charge in [-0.3, -0.25) is 5.10 Å². The number of nitrogens with one attached hydrogen (secondary N) is 3. The molecule has 1 aromatic heterocycles. The van der Waals surface area contributed by atoms with E-state index in [-0.39, 0.29) is 12.2 Å². The van der Waals surface area contributed by atoms with Gasteiger partial charge in [-0.15, -0.1) is 0 Å². The highest BCUT2D eigenvalue weighted by molar-refractivity contribution is 5.89. The Kier molecular flexibility index (Phi) is 3.87. The number of aromatic amines is 1. The Balaban J connectivity index is 1.94. The van der Waals surface area contributed by atoms with E-state index in [1.54, 1.807) is 0 Å². The number of halogens is 3. The zero-order valence-electron chi connectivity index (χ0n) is 10.0. The highest BCUT2D eigenvalue weighted by atomic mass is 19.4. The lowest BCUT2D eigenvalue weighted by Crippen LogP contribution is -2.28. The fourth-order valence-electron chi connectivity index (χ4n) is 1.43. The lowest BCUT2D eigenvalue weighted by atomic mass is 10.2. The fourth-order valence-corrected chi connectivity index (χ4v) is 1.43. The standard InChI is InChI=1S/C11H10F3N5O/c12-11(13,14)7-2-1-3-8(4-7)18-10(20)15-5-9-16-6-17-19-9/h1-4,6H,5H2,(H2,15,18,20)(H,16,17,19). The molecule has 0 unspecified atom stereocenters. The molecular weight excluding hydrogens is 275 g/mol. The molecule has 0 aliphatic heterocycles. The minimum absolute atomic E-state index is 0.0508. The Labute approximate surface area is 111 Å². The number of rotatable bonds is 3. The third-order valence-corrected chi connectivity index (χ3v) is 2.33.